The lowest BCUT2D eigenvalue weighted by Gasteiger charge is -2.33. The molecule has 0 N–H and O–H groups in total. The molecule has 0 aromatic carbocycles. The van der Waals surface area contributed by atoms with E-state index in [1.54, 1.807) is 10.7 Å². The molecule has 0 bridgehead atoms. The Bertz CT molecular complexity index is 628. The molecule has 2 aromatic rings. The number of piperazine rings is 1. The highest BCUT2D eigenvalue weighted by molar-refractivity contribution is 6.01. The zero-order valence-electron chi connectivity index (χ0n) is 11.9. The number of aryl methyl sites for hydroxylation is 1. The molecule has 2 aromatic heterocycles. The number of rotatable bonds is 2. The van der Waals surface area contributed by atoms with Crippen molar-refractivity contribution in [2.75, 3.05) is 32.7 Å². The van der Waals surface area contributed by atoms with E-state index in [0.29, 0.717) is 11.2 Å². The third kappa shape index (κ3) is 2.16. The number of nitrogens with zero attached hydrogens (tertiary/aromatic N) is 5. The topological polar surface area (TPSA) is 53.7 Å². The van der Waals surface area contributed by atoms with E-state index in [1.807, 2.05) is 24.1 Å². The molecule has 0 spiro atoms. The Hall–Kier alpha value is -1.95. The summed E-state index contributed by atoms with van der Waals surface area (Å²) in [6.07, 6.45) is 3.52. The fraction of sp³-hybridized carbons (Fsp3) is 0.500. The fourth-order valence-corrected chi connectivity index (χ4v) is 2.67. The standard InChI is InChI=1S/C14H19N5O/c1-3-17-7-9-18(10-8-17)14(20)12-11(2)16-19-6-4-5-15-13(12)19/h4-6H,3,7-10H2,1-2H3. The van der Waals surface area contributed by atoms with E-state index < -0.39 is 0 Å². The molecule has 1 fully saturated rings. The van der Waals surface area contributed by atoms with E-state index in [0.717, 1.165) is 38.4 Å². The Morgan fingerprint density at radius 3 is 2.75 bits per heavy atom. The molecule has 1 aliphatic rings. The first-order valence-electron chi connectivity index (χ1n) is 7.02. The van der Waals surface area contributed by atoms with Crippen LogP contribution in [0.1, 0.15) is 23.0 Å². The van der Waals surface area contributed by atoms with Crippen molar-refractivity contribution < 1.29 is 4.79 Å². The van der Waals surface area contributed by atoms with Gasteiger partial charge in [-0.1, -0.05) is 6.92 Å². The smallest absolute Gasteiger partial charge is 0.259 e. The van der Waals surface area contributed by atoms with Crippen molar-refractivity contribution in [2.45, 2.75) is 13.8 Å². The minimum absolute atomic E-state index is 0.0481. The van der Waals surface area contributed by atoms with Crippen molar-refractivity contribution in [1.82, 2.24) is 24.4 Å². The summed E-state index contributed by atoms with van der Waals surface area (Å²) >= 11 is 0. The van der Waals surface area contributed by atoms with Crippen LogP contribution >= 0.6 is 0 Å². The summed E-state index contributed by atoms with van der Waals surface area (Å²) in [7, 11) is 0. The molecule has 1 saturated heterocycles. The van der Waals surface area contributed by atoms with Crippen molar-refractivity contribution >= 4 is 11.6 Å². The van der Waals surface area contributed by atoms with Gasteiger partial charge in [-0.05, 0) is 19.5 Å². The molecule has 1 amide bonds. The highest BCUT2D eigenvalue weighted by atomic mass is 16.2. The van der Waals surface area contributed by atoms with Crippen LogP contribution in [0.2, 0.25) is 0 Å². The van der Waals surface area contributed by atoms with Crippen LogP contribution in [0.3, 0.4) is 0 Å². The Balaban J connectivity index is 1.88. The van der Waals surface area contributed by atoms with E-state index in [-0.39, 0.29) is 5.91 Å². The second-order valence-electron chi connectivity index (χ2n) is 5.07. The first-order valence-corrected chi connectivity index (χ1v) is 7.02. The van der Waals surface area contributed by atoms with E-state index in [4.69, 9.17) is 0 Å². The van der Waals surface area contributed by atoms with Crippen LogP contribution in [-0.4, -0.2) is 63.0 Å². The second-order valence-corrected chi connectivity index (χ2v) is 5.07. The van der Waals surface area contributed by atoms with Gasteiger partial charge in [-0.2, -0.15) is 5.10 Å². The van der Waals surface area contributed by atoms with Gasteiger partial charge in [0.15, 0.2) is 5.65 Å². The number of amides is 1. The highest BCUT2D eigenvalue weighted by Crippen LogP contribution is 2.16. The fourth-order valence-electron chi connectivity index (χ4n) is 2.67. The predicted octanol–water partition coefficient (Wildman–Crippen LogP) is 0.815. The summed E-state index contributed by atoms with van der Waals surface area (Å²) in [6.45, 7) is 8.48. The number of aromatic nitrogens is 3. The molecule has 3 rings (SSSR count). The van der Waals surface area contributed by atoms with E-state index >= 15 is 0 Å². The maximum absolute atomic E-state index is 12.7. The zero-order chi connectivity index (χ0) is 14.1. The van der Waals surface area contributed by atoms with Crippen LogP contribution in [-0.2, 0) is 0 Å². The first kappa shape index (κ1) is 13.1. The van der Waals surface area contributed by atoms with Crippen molar-refractivity contribution in [3.05, 3.63) is 29.7 Å². The van der Waals surface area contributed by atoms with Gasteiger partial charge in [-0.25, -0.2) is 9.50 Å². The quantitative estimate of drug-likeness (QED) is 0.813. The molecule has 20 heavy (non-hydrogen) atoms. The van der Waals surface area contributed by atoms with Gasteiger partial charge in [-0.3, -0.25) is 4.79 Å². The van der Waals surface area contributed by atoms with Gasteiger partial charge in [0, 0.05) is 38.6 Å². The van der Waals surface area contributed by atoms with Gasteiger partial charge >= 0.3 is 0 Å². The van der Waals surface area contributed by atoms with Crippen LogP contribution in [0.5, 0.6) is 0 Å². The molecule has 3 heterocycles. The molecular weight excluding hydrogens is 254 g/mol. The van der Waals surface area contributed by atoms with E-state index in [9.17, 15) is 4.79 Å². The third-order valence-corrected chi connectivity index (χ3v) is 3.89. The molecule has 0 radical (unpaired) electrons. The van der Waals surface area contributed by atoms with Gasteiger partial charge < -0.3 is 9.80 Å². The summed E-state index contributed by atoms with van der Waals surface area (Å²) in [4.78, 5) is 21.3. The number of carbonyl (C=O) groups is 1. The van der Waals surface area contributed by atoms with Crippen LogP contribution < -0.4 is 0 Å². The maximum atomic E-state index is 12.7. The Labute approximate surface area is 118 Å². The lowest BCUT2D eigenvalue weighted by Crippen LogP contribution is -2.48. The van der Waals surface area contributed by atoms with Crippen molar-refractivity contribution in [3.63, 3.8) is 0 Å². The average molecular weight is 273 g/mol. The first-order chi connectivity index (χ1) is 9.70. The summed E-state index contributed by atoms with van der Waals surface area (Å²) in [5, 5.41) is 4.36. The average Bonchev–Trinajstić information content (AvgIpc) is 2.82. The lowest BCUT2D eigenvalue weighted by molar-refractivity contribution is 0.0644. The van der Waals surface area contributed by atoms with Gasteiger partial charge in [0.2, 0.25) is 0 Å². The summed E-state index contributed by atoms with van der Waals surface area (Å²) < 4.78 is 1.67. The third-order valence-electron chi connectivity index (χ3n) is 3.89. The molecule has 6 heteroatoms. The molecule has 0 unspecified atom stereocenters. The van der Waals surface area contributed by atoms with Crippen molar-refractivity contribution in [3.8, 4) is 0 Å². The minimum atomic E-state index is 0.0481. The summed E-state index contributed by atoms with van der Waals surface area (Å²) in [5.74, 6) is 0.0481. The number of hydrogen-bond acceptors (Lipinski definition) is 4. The molecule has 0 saturated carbocycles. The van der Waals surface area contributed by atoms with Crippen molar-refractivity contribution in [1.29, 1.82) is 0 Å². The van der Waals surface area contributed by atoms with E-state index in [2.05, 4.69) is 21.9 Å². The van der Waals surface area contributed by atoms with Gasteiger partial charge in [0.25, 0.3) is 5.91 Å². The molecule has 6 nitrogen and oxygen atoms in total. The zero-order valence-corrected chi connectivity index (χ0v) is 11.9. The van der Waals surface area contributed by atoms with Crippen molar-refractivity contribution in [2.24, 2.45) is 0 Å². The molecule has 106 valence electrons. The number of likely N-dealkylation sites (N-methyl/N-ethyl adjacent to an activating group) is 1. The molecular formula is C14H19N5O. The highest BCUT2D eigenvalue weighted by Gasteiger charge is 2.26. The predicted molar refractivity (Wildman–Crippen MR) is 75.7 cm³/mol. The second kappa shape index (κ2) is 5.20. The monoisotopic (exact) mass is 273 g/mol. The lowest BCUT2D eigenvalue weighted by atomic mass is 10.2. The van der Waals surface area contributed by atoms with E-state index in [1.165, 1.54) is 0 Å². The Morgan fingerprint density at radius 1 is 1.30 bits per heavy atom. The normalized spacial score (nSPS) is 16.8. The van der Waals surface area contributed by atoms with Crippen LogP contribution in [0.25, 0.3) is 5.65 Å². The Morgan fingerprint density at radius 2 is 2.05 bits per heavy atom. The number of carbonyl (C=O) groups excluding carboxylic acids is 1. The largest absolute Gasteiger partial charge is 0.336 e. The van der Waals surface area contributed by atoms with Crippen LogP contribution in [0.4, 0.5) is 0 Å². The number of hydrogen-bond donors (Lipinski definition) is 0. The maximum Gasteiger partial charge on any atom is 0.259 e. The summed E-state index contributed by atoms with van der Waals surface area (Å²) in [6, 6.07) is 1.81. The molecule has 1 aliphatic heterocycles. The van der Waals surface area contributed by atoms with Crippen LogP contribution in [0.15, 0.2) is 18.5 Å². The molecule has 0 atom stereocenters. The van der Waals surface area contributed by atoms with Crippen LogP contribution in [0, 0.1) is 6.92 Å². The van der Waals surface area contributed by atoms with Gasteiger partial charge in [-0.15, -0.1) is 0 Å². The van der Waals surface area contributed by atoms with Gasteiger partial charge in [0.05, 0.1) is 5.69 Å². The SMILES string of the molecule is CCN1CCN(C(=O)c2c(C)nn3cccnc23)CC1. The Kier molecular flexibility index (Phi) is 3.40. The molecule has 0 aliphatic carbocycles. The van der Waals surface area contributed by atoms with Gasteiger partial charge in [0.1, 0.15) is 5.56 Å². The minimum Gasteiger partial charge on any atom is -0.336 e. The summed E-state index contributed by atoms with van der Waals surface area (Å²) in [5.41, 5.74) is 2.02. The number of fused-ring (bicyclic) bond motifs is 1.